The summed E-state index contributed by atoms with van der Waals surface area (Å²) in [7, 11) is 1.34. The SMILES string of the molecule is COC(=O)c1ccc2cc(OCC(O)CO)ccc2c1. The quantitative estimate of drug-likeness (QED) is 0.806. The van der Waals surface area contributed by atoms with E-state index < -0.39 is 6.10 Å². The van der Waals surface area contributed by atoms with Gasteiger partial charge in [-0.05, 0) is 35.0 Å². The smallest absolute Gasteiger partial charge is 0.337 e. The van der Waals surface area contributed by atoms with Crippen LogP contribution in [0.2, 0.25) is 0 Å². The van der Waals surface area contributed by atoms with E-state index in [0.717, 1.165) is 10.8 Å². The van der Waals surface area contributed by atoms with Crippen LogP contribution < -0.4 is 4.74 Å². The molecule has 0 aromatic heterocycles. The lowest BCUT2D eigenvalue weighted by molar-refractivity contribution is 0.0536. The highest BCUT2D eigenvalue weighted by Crippen LogP contribution is 2.22. The van der Waals surface area contributed by atoms with Gasteiger partial charge in [-0.3, -0.25) is 0 Å². The second kappa shape index (κ2) is 6.36. The molecule has 0 saturated heterocycles. The van der Waals surface area contributed by atoms with Gasteiger partial charge in [0.2, 0.25) is 0 Å². The van der Waals surface area contributed by atoms with Crippen LogP contribution in [0.15, 0.2) is 36.4 Å². The Balaban J connectivity index is 2.20. The minimum Gasteiger partial charge on any atom is -0.491 e. The molecular weight excluding hydrogens is 260 g/mol. The molecule has 0 aliphatic carbocycles. The summed E-state index contributed by atoms with van der Waals surface area (Å²) in [5.74, 6) is 0.217. The van der Waals surface area contributed by atoms with Crippen LogP contribution >= 0.6 is 0 Å². The largest absolute Gasteiger partial charge is 0.491 e. The Kier molecular flexibility index (Phi) is 4.55. The fourth-order valence-electron chi connectivity index (χ4n) is 1.80. The number of hydrogen-bond acceptors (Lipinski definition) is 5. The number of hydrogen-bond donors (Lipinski definition) is 2. The molecule has 0 saturated carbocycles. The molecule has 20 heavy (non-hydrogen) atoms. The van der Waals surface area contributed by atoms with Gasteiger partial charge < -0.3 is 19.7 Å². The number of methoxy groups -OCH3 is 1. The van der Waals surface area contributed by atoms with Crippen LogP contribution in [0.1, 0.15) is 10.4 Å². The molecular formula is C15H16O5. The number of fused-ring (bicyclic) bond motifs is 1. The van der Waals surface area contributed by atoms with Crippen molar-refractivity contribution >= 4 is 16.7 Å². The molecule has 2 rings (SSSR count). The van der Waals surface area contributed by atoms with Crippen LogP contribution in [0.3, 0.4) is 0 Å². The molecule has 0 aliphatic rings. The first-order valence-corrected chi connectivity index (χ1v) is 6.18. The highest BCUT2D eigenvalue weighted by Gasteiger charge is 2.07. The number of carbonyl (C=O) groups is 1. The van der Waals surface area contributed by atoms with E-state index in [1.54, 1.807) is 30.3 Å². The summed E-state index contributed by atoms with van der Waals surface area (Å²) < 4.78 is 10.0. The molecule has 0 amide bonds. The van der Waals surface area contributed by atoms with E-state index in [1.807, 2.05) is 6.07 Å². The average molecular weight is 276 g/mol. The van der Waals surface area contributed by atoms with Crippen molar-refractivity contribution in [1.29, 1.82) is 0 Å². The van der Waals surface area contributed by atoms with Gasteiger partial charge in [-0.2, -0.15) is 0 Å². The van der Waals surface area contributed by atoms with Crippen molar-refractivity contribution in [3.8, 4) is 5.75 Å². The topological polar surface area (TPSA) is 76.0 Å². The lowest BCUT2D eigenvalue weighted by atomic mass is 10.1. The second-order valence-electron chi connectivity index (χ2n) is 4.36. The van der Waals surface area contributed by atoms with Crippen LogP contribution in [0.5, 0.6) is 5.75 Å². The number of aliphatic hydroxyl groups is 2. The van der Waals surface area contributed by atoms with Gasteiger partial charge in [0.25, 0.3) is 0 Å². The summed E-state index contributed by atoms with van der Waals surface area (Å²) in [5.41, 5.74) is 0.490. The molecule has 0 heterocycles. The lowest BCUT2D eigenvalue weighted by Gasteiger charge is -2.10. The van der Waals surface area contributed by atoms with E-state index in [1.165, 1.54) is 7.11 Å². The number of rotatable bonds is 5. The maximum absolute atomic E-state index is 11.4. The number of carbonyl (C=O) groups excluding carboxylic acids is 1. The Labute approximate surface area is 116 Å². The van der Waals surface area contributed by atoms with Crippen LogP contribution in [-0.4, -0.2) is 42.6 Å². The lowest BCUT2D eigenvalue weighted by Crippen LogP contribution is -2.21. The zero-order chi connectivity index (χ0) is 14.5. The van der Waals surface area contributed by atoms with Crippen LogP contribution in [0.4, 0.5) is 0 Å². The summed E-state index contributed by atoms with van der Waals surface area (Å²) >= 11 is 0. The summed E-state index contributed by atoms with van der Waals surface area (Å²) in [6.07, 6.45) is -0.896. The van der Waals surface area contributed by atoms with Gasteiger partial charge in [-0.15, -0.1) is 0 Å². The van der Waals surface area contributed by atoms with Gasteiger partial charge in [0.1, 0.15) is 18.5 Å². The number of ether oxygens (including phenoxy) is 2. The Morgan fingerprint density at radius 1 is 1.20 bits per heavy atom. The first-order valence-electron chi connectivity index (χ1n) is 6.18. The molecule has 0 bridgehead atoms. The number of benzene rings is 2. The molecule has 1 unspecified atom stereocenters. The van der Waals surface area contributed by atoms with Crippen molar-refractivity contribution in [2.45, 2.75) is 6.10 Å². The maximum Gasteiger partial charge on any atom is 0.337 e. The standard InChI is InChI=1S/C15H16O5/c1-19-15(18)12-3-2-11-7-14(5-4-10(11)6-12)20-9-13(17)8-16/h2-7,13,16-17H,8-9H2,1H3. The van der Waals surface area contributed by atoms with E-state index in [9.17, 15) is 9.90 Å². The predicted octanol–water partition coefficient (Wildman–Crippen LogP) is 1.36. The molecule has 0 spiro atoms. The fourth-order valence-corrected chi connectivity index (χ4v) is 1.80. The van der Waals surface area contributed by atoms with Crippen molar-refractivity contribution in [3.63, 3.8) is 0 Å². The van der Waals surface area contributed by atoms with Gasteiger partial charge in [0.15, 0.2) is 0 Å². The van der Waals surface area contributed by atoms with Crippen molar-refractivity contribution in [2.24, 2.45) is 0 Å². The van der Waals surface area contributed by atoms with Gasteiger partial charge >= 0.3 is 5.97 Å². The van der Waals surface area contributed by atoms with E-state index in [2.05, 4.69) is 4.74 Å². The summed E-state index contributed by atoms with van der Waals surface area (Å²) in [4.78, 5) is 11.4. The van der Waals surface area contributed by atoms with Gasteiger partial charge in [0, 0.05) is 0 Å². The number of aliphatic hydroxyl groups excluding tert-OH is 2. The minimum absolute atomic E-state index is 0.0300. The maximum atomic E-state index is 11.4. The molecule has 106 valence electrons. The molecule has 5 nitrogen and oxygen atoms in total. The Hall–Kier alpha value is -2.11. The van der Waals surface area contributed by atoms with Crippen molar-refractivity contribution in [1.82, 2.24) is 0 Å². The van der Waals surface area contributed by atoms with Gasteiger partial charge in [-0.1, -0.05) is 12.1 Å². The third-order valence-corrected chi connectivity index (χ3v) is 2.89. The summed E-state index contributed by atoms with van der Waals surface area (Å²) in [6.45, 7) is -0.307. The third kappa shape index (κ3) is 3.26. The second-order valence-corrected chi connectivity index (χ2v) is 4.36. The zero-order valence-electron chi connectivity index (χ0n) is 11.1. The molecule has 0 radical (unpaired) electrons. The van der Waals surface area contributed by atoms with Crippen molar-refractivity contribution in [3.05, 3.63) is 42.0 Å². The first-order chi connectivity index (χ1) is 9.63. The molecule has 2 aromatic rings. The van der Waals surface area contributed by atoms with Crippen LogP contribution in [0, 0.1) is 0 Å². The average Bonchev–Trinajstić information content (AvgIpc) is 2.50. The van der Waals surface area contributed by atoms with E-state index >= 15 is 0 Å². The van der Waals surface area contributed by atoms with E-state index in [-0.39, 0.29) is 19.2 Å². The highest BCUT2D eigenvalue weighted by atomic mass is 16.5. The molecule has 0 fully saturated rings. The van der Waals surface area contributed by atoms with Crippen LogP contribution in [0.25, 0.3) is 10.8 Å². The molecule has 2 N–H and O–H groups in total. The summed E-state index contributed by atoms with van der Waals surface area (Å²) in [5, 5.41) is 19.7. The van der Waals surface area contributed by atoms with Crippen LogP contribution in [-0.2, 0) is 4.74 Å². The van der Waals surface area contributed by atoms with Crippen molar-refractivity contribution in [2.75, 3.05) is 20.3 Å². The first kappa shape index (κ1) is 14.3. The predicted molar refractivity (Wildman–Crippen MR) is 73.9 cm³/mol. The molecule has 2 aromatic carbocycles. The molecule has 5 heteroatoms. The zero-order valence-corrected chi connectivity index (χ0v) is 11.1. The Bertz CT molecular complexity index is 608. The van der Waals surface area contributed by atoms with Gasteiger partial charge in [-0.25, -0.2) is 4.79 Å². The number of esters is 1. The minimum atomic E-state index is -0.896. The van der Waals surface area contributed by atoms with E-state index in [0.29, 0.717) is 11.3 Å². The molecule has 1 atom stereocenters. The molecule has 0 aliphatic heterocycles. The Morgan fingerprint density at radius 3 is 2.60 bits per heavy atom. The Morgan fingerprint density at radius 2 is 1.90 bits per heavy atom. The van der Waals surface area contributed by atoms with E-state index in [4.69, 9.17) is 9.84 Å². The normalized spacial score (nSPS) is 12.2. The fraction of sp³-hybridized carbons (Fsp3) is 0.267. The summed E-state index contributed by atoms with van der Waals surface area (Å²) in [6, 6.07) is 10.6. The third-order valence-electron chi connectivity index (χ3n) is 2.89. The highest BCUT2D eigenvalue weighted by molar-refractivity contribution is 5.95. The monoisotopic (exact) mass is 276 g/mol. The van der Waals surface area contributed by atoms with Crippen molar-refractivity contribution < 1.29 is 24.5 Å². The van der Waals surface area contributed by atoms with Gasteiger partial charge in [0.05, 0.1) is 19.3 Å².